The SMILES string of the molecule is Cc1ccccc1NC(=O)[C@H]1CCCN(S(=O)(=O)c2cc(-c3noc(C4CCC4)n3)cs2)C1. The molecule has 1 N–H and O–H groups in total. The number of benzene rings is 1. The van der Waals surface area contributed by atoms with E-state index in [2.05, 4.69) is 15.5 Å². The highest BCUT2D eigenvalue weighted by molar-refractivity contribution is 7.91. The third kappa shape index (κ3) is 4.47. The van der Waals surface area contributed by atoms with Crippen LogP contribution in [0.4, 0.5) is 5.69 Å². The number of nitrogens with one attached hydrogen (secondary N) is 1. The highest BCUT2D eigenvalue weighted by atomic mass is 32.2. The largest absolute Gasteiger partial charge is 0.339 e. The molecule has 174 valence electrons. The van der Waals surface area contributed by atoms with E-state index in [1.807, 2.05) is 31.2 Å². The first-order valence-corrected chi connectivity index (χ1v) is 13.5. The molecule has 10 heteroatoms. The first kappa shape index (κ1) is 22.2. The van der Waals surface area contributed by atoms with E-state index in [4.69, 9.17) is 4.52 Å². The molecule has 5 rings (SSSR count). The van der Waals surface area contributed by atoms with Crippen LogP contribution in [0.15, 0.2) is 44.4 Å². The van der Waals surface area contributed by atoms with Crippen LogP contribution in [0.3, 0.4) is 0 Å². The van der Waals surface area contributed by atoms with Crippen LogP contribution < -0.4 is 5.32 Å². The van der Waals surface area contributed by atoms with Gasteiger partial charge in [-0.1, -0.05) is 29.8 Å². The third-order valence-electron chi connectivity index (χ3n) is 6.48. The summed E-state index contributed by atoms with van der Waals surface area (Å²) in [5.74, 6) is 0.833. The van der Waals surface area contributed by atoms with Crippen LogP contribution >= 0.6 is 11.3 Å². The molecular weight excluding hydrogens is 460 g/mol. The van der Waals surface area contributed by atoms with Gasteiger partial charge in [0.25, 0.3) is 10.0 Å². The summed E-state index contributed by atoms with van der Waals surface area (Å²) in [7, 11) is -3.71. The maximum Gasteiger partial charge on any atom is 0.252 e. The van der Waals surface area contributed by atoms with E-state index in [1.165, 1.54) is 10.7 Å². The zero-order chi connectivity index (χ0) is 23.0. The molecule has 8 nitrogen and oxygen atoms in total. The molecule has 1 saturated carbocycles. The Kier molecular flexibility index (Phi) is 6.07. The molecule has 33 heavy (non-hydrogen) atoms. The number of aryl methyl sites for hydroxylation is 1. The molecule has 0 radical (unpaired) electrons. The van der Waals surface area contributed by atoms with Crippen molar-refractivity contribution in [1.29, 1.82) is 0 Å². The van der Waals surface area contributed by atoms with E-state index in [9.17, 15) is 13.2 Å². The van der Waals surface area contributed by atoms with Gasteiger partial charge in [0.15, 0.2) is 0 Å². The van der Waals surface area contributed by atoms with Gasteiger partial charge in [0.05, 0.1) is 5.92 Å². The fraction of sp³-hybridized carbons (Fsp3) is 0.435. The van der Waals surface area contributed by atoms with Crippen molar-refractivity contribution in [2.24, 2.45) is 5.92 Å². The lowest BCUT2D eigenvalue weighted by atomic mass is 9.85. The average Bonchev–Trinajstić information content (AvgIpc) is 3.44. The van der Waals surface area contributed by atoms with Crippen molar-refractivity contribution in [3.05, 3.63) is 47.2 Å². The second-order valence-electron chi connectivity index (χ2n) is 8.74. The van der Waals surface area contributed by atoms with E-state index in [1.54, 1.807) is 11.4 Å². The number of para-hydroxylation sites is 1. The number of carbonyl (C=O) groups is 1. The zero-order valence-electron chi connectivity index (χ0n) is 18.4. The molecule has 3 aromatic rings. The lowest BCUT2D eigenvalue weighted by molar-refractivity contribution is -0.120. The predicted molar refractivity (Wildman–Crippen MR) is 125 cm³/mol. The third-order valence-corrected chi connectivity index (χ3v) is 9.76. The topological polar surface area (TPSA) is 105 Å². The van der Waals surface area contributed by atoms with Crippen molar-refractivity contribution in [2.45, 2.75) is 49.2 Å². The molecule has 1 amide bonds. The number of anilines is 1. The first-order valence-electron chi connectivity index (χ1n) is 11.2. The van der Waals surface area contributed by atoms with Crippen LogP contribution in [0.1, 0.15) is 49.5 Å². The number of carbonyl (C=O) groups excluding carboxylic acids is 1. The van der Waals surface area contributed by atoms with Crippen molar-refractivity contribution in [3.63, 3.8) is 0 Å². The minimum absolute atomic E-state index is 0.147. The van der Waals surface area contributed by atoms with Crippen LogP contribution in [-0.2, 0) is 14.8 Å². The maximum atomic E-state index is 13.3. The summed E-state index contributed by atoms with van der Waals surface area (Å²) in [6, 6.07) is 9.17. The molecule has 1 saturated heterocycles. The smallest absolute Gasteiger partial charge is 0.252 e. The summed E-state index contributed by atoms with van der Waals surface area (Å²) < 4.78 is 33.7. The molecule has 2 aliphatic rings. The molecule has 0 spiro atoms. The van der Waals surface area contributed by atoms with Crippen molar-refractivity contribution < 1.29 is 17.7 Å². The number of amides is 1. The second kappa shape index (κ2) is 9.00. The van der Waals surface area contributed by atoms with Gasteiger partial charge >= 0.3 is 0 Å². The quantitative estimate of drug-likeness (QED) is 0.553. The highest BCUT2D eigenvalue weighted by Gasteiger charge is 2.34. The van der Waals surface area contributed by atoms with E-state index in [-0.39, 0.29) is 16.7 Å². The van der Waals surface area contributed by atoms with Gasteiger partial charge in [0, 0.05) is 35.6 Å². The van der Waals surface area contributed by atoms with Gasteiger partial charge in [-0.3, -0.25) is 4.79 Å². The standard InChI is InChI=1S/C23H26N4O4S2/c1-15-6-2-3-10-19(15)24-22(28)17-9-5-11-27(13-17)33(29,30)20-12-18(14-32-20)21-25-23(31-26-21)16-7-4-8-16/h2-3,6,10,12,14,16-17H,4-5,7-9,11,13H2,1H3,(H,24,28)/t17-/m0/s1. The Labute approximate surface area is 197 Å². The number of hydrogen-bond donors (Lipinski definition) is 1. The molecule has 1 atom stereocenters. The Hall–Kier alpha value is -2.56. The molecular formula is C23H26N4O4S2. The number of rotatable bonds is 6. The van der Waals surface area contributed by atoms with Gasteiger partial charge < -0.3 is 9.84 Å². The molecule has 1 aromatic carbocycles. The van der Waals surface area contributed by atoms with Gasteiger partial charge in [0.1, 0.15) is 4.21 Å². The molecule has 2 aromatic heterocycles. The lowest BCUT2D eigenvalue weighted by Gasteiger charge is -2.30. The van der Waals surface area contributed by atoms with Crippen LogP contribution in [-0.4, -0.2) is 41.9 Å². The van der Waals surface area contributed by atoms with E-state index in [0.29, 0.717) is 42.6 Å². The van der Waals surface area contributed by atoms with Gasteiger partial charge in [0.2, 0.25) is 17.6 Å². The molecule has 0 bridgehead atoms. The summed E-state index contributed by atoms with van der Waals surface area (Å²) in [5, 5.41) is 8.74. The van der Waals surface area contributed by atoms with Crippen molar-refractivity contribution in [1.82, 2.24) is 14.4 Å². The summed E-state index contributed by atoms with van der Waals surface area (Å²) in [6.07, 6.45) is 4.57. The fourth-order valence-electron chi connectivity index (χ4n) is 4.19. The van der Waals surface area contributed by atoms with E-state index >= 15 is 0 Å². The van der Waals surface area contributed by atoms with Crippen molar-refractivity contribution in [3.8, 4) is 11.4 Å². The van der Waals surface area contributed by atoms with Gasteiger partial charge in [-0.15, -0.1) is 11.3 Å². The fourth-order valence-corrected chi connectivity index (χ4v) is 7.03. The average molecular weight is 487 g/mol. The number of nitrogens with zero attached hydrogens (tertiary/aromatic N) is 3. The van der Waals surface area contributed by atoms with E-state index < -0.39 is 15.9 Å². The Bertz CT molecular complexity index is 1260. The zero-order valence-corrected chi connectivity index (χ0v) is 20.0. The molecule has 1 aliphatic heterocycles. The minimum Gasteiger partial charge on any atom is -0.339 e. The number of hydrogen-bond acceptors (Lipinski definition) is 7. The maximum absolute atomic E-state index is 13.3. The first-order chi connectivity index (χ1) is 15.9. The van der Waals surface area contributed by atoms with Crippen LogP contribution in [0.25, 0.3) is 11.4 Å². The molecule has 1 aliphatic carbocycles. The number of aromatic nitrogens is 2. The number of sulfonamides is 1. The number of thiophene rings is 1. The summed E-state index contributed by atoms with van der Waals surface area (Å²) in [5.41, 5.74) is 2.37. The molecule has 3 heterocycles. The van der Waals surface area contributed by atoms with Gasteiger partial charge in [-0.25, -0.2) is 8.42 Å². The monoisotopic (exact) mass is 486 g/mol. The Morgan fingerprint density at radius 2 is 2.03 bits per heavy atom. The van der Waals surface area contributed by atoms with Crippen LogP contribution in [0.5, 0.6) is 0 Å². The minimum atomic E-state index is -3.71. The molecule has 2 fully saturated rings. The van der Waals surface area contributed by atoms with Gasteiger partial charge in [-0.05, 0) is 50.3 Å². The van der Waals surface area contributed by atoms with Crippen molar-refractivity contribution >= 4 is 33.0 Å². The van der Waals surface area contributed by atoms with Gasteiger partial charge in [-0.2, -0.15) is 9.29 Å². The Morgan fingerprint density at radius 3 is 2.79 bits per heavy atom. The molecule has 0 unspecified atom stereocenters. The van der Waals surface area contributed by atoms with Crippen LogP contribution in [0, 0.1) is 12.8 Å². The summed E-state index contributed by atoms with van der Waals surface area (Å²) >= 11 is 1.14. The Morgan fingerprint density at radius 1 is 1.21 bits per heavy atom. The summed E-state index contributed by atoms with van der Waals surface area (Å²) in [6.45, 7) is 2.50. The summed E-state index contributed by atoms with van der Waals surface area (Å²) in [4.78, 5) is 17.3. The van der Waals surface area contributed by atoms with Crippen molar-refractivity contribution in [2.75, 3.05) is 18.4 Å². The normalized spacial score (nSPS) is 19.8. The number of piperidine rings is 1. The van der Waals surface area contributed by atoms with Crippen LogP contribution in [0.2, 0.25) is 0 Å². The second-order valence-corrected chi connectivity index (χ2v) is 11.8. The lowest BCUT2D eigenvalue weighted by Crippen LogP contribution is -2.43. The highest BCUT2D eigenvalue weighted by Crippen LogP contribution is 2.37. The van der Waals surface area contributed by atoms with E-state index in [0.717, 1.165) is 35.4 Å². The predicted octanol–water partition coefficient (Wildman–Crippen LogP) is 4.41. The Balaban J connectivity index is 1.29.